The van der Waals surface area contributed by atoms with E-state index in [1.165, 1.54) is 0 Å². The fraction of sp³-hybridized carbons (Fsp3) is 0.500. The maximum atomic E-state index is 13.6. The van der Waals surface area contributed by atoms with Crippen LogP contribution in [0.15, 0.2) is 48.5 Å². The number of ether oxygens (including phenoxy) is 1. The van der Waals surface area contributed by atoms with Crippen molar-refractivity contribution in [2.75, 3.05) is 6.54 Å². The molecule has 1 aliphatic heterocycles. The molecule has 4 unspecified atom stereocenters. The van der Waals surface area contributed by atoms with E-state index in [0.717, 1.165) is 36.8 Å². The van der Waals surface area contributed by atoms with Gasteiger partial charge in [-0.25, -0.2) is 4.79 Å². The van der Waals surface area contributed by atoms with Gasteiger partial charge in [-0.2, -0.15) is 0 Å². The maximum absolute atomic E-state index is 13.6. The van der Waals surface area contributed by atoms with E-state index in [-0.39, 0.29) is 24.2 Å². The lowest BCUT2D eigenvalue weighted by atomic mass is 9.72. The molecule has 42 heavy (non-hydrogen) atoms. The van der Waals surface area contributed by atoms with E-state index in [0.29, 0.717) is 35.7 Å². The van der Waals surface area contributed by atoms with Gasteiger partial charge in [0.05, 0.1) is 6.04 Å². The molecule has 2 aliphatic rings. The van der Waals surface area contributed by atoms with Gasteiger partial charge in [0.25, 0.3) is 0 Å². The minimum atomic E-state index is -0.942. The summed E-state index contributed by atoms with van der Waals surface area (Å²) in [7, 11) is 0. The predicted molar refractivity (Wildman–Crippen MR) is 162 cm³/mol. The second-order valence-corrected chi connectivity index (χ2v) is 12.7. The Morgan fingerprint density at radius 3 is 2.36 bits per heavy atom. The number of amides is 3. The van der Waals surface area contributed by atoms with Crippen LogP contribution in [0.2, 0.25) is 10.0 Å². The fourth-order valence-corrected chi connectivity index (χ4v) is 6.66. The number of rotatable bonds is 12. The van der Waals surface area contributed by atoms with Gasteiger partial charge in [0, 0.05) is 27.9 Å². The highest BCUT2D eigenvalue weighted by Crippen LogP contribution is 2.52. The molecular weight excluding hydrogens is 577 g/mol. The van der Waals surface area contributed by atoms with Crippen molar-refractivity contribution < 1.29 is 23.9 Å². The van der Waals surface area contributed by atoms with Crippen LogP contribution in [0.5, 0.6) is 0 Å². The fourth-order valence-electron chi connectivity index (χ4n) is 6.27. The molecule has 0 aromatic heterocycles. The number of benzene rings is 2. The first kappa shape index (κ1) is 31.8. The molecule has 4 atom stereocenters. The van der Waals surface area contributed by atoms with Crippen molar-refractivity contribution in [3.63, 3.8) is 0 Å². The van der Waals surface area contributed by atoms with Crippen LogP contribution in [0, 0.1) is 11.8 Å². The second kappa shape index (κ2) is 14.4. The summed E-state index contributed by atoms with van der Waals surface area (Å²) in [5, 5.41) is 9.36. The van der Waals surface area contributed by atoms with Gasteiger partial charge < -0.3 is 25.5 Å². The normalized spacial score (nSPS) is 19.9. The molecule has 1 saturated heterocycles. The van der Waals surface area contributed by atoms with Crippen LogP contribution < -0.4 is 16.0 Å². The minimum Gasteiger partial charge on any atom is -0.440 e. The maximum Gasteiger partial charge on any atom is 0.408 e. The third-order valence-corrected chi connectivity index (χ3v) is 8.75. The molecule has 10 heteroatoms. The quantitative estimate of drug-likeness (QED) is 0.257. The van der Waals surface area contributed by atoms with Gasteiger partial charge in [0.15, 0.2) is 0 Å². The number of nitrogens with one attached hydrogen (secondary N) is 3. The lowest BCUT2D eigenvalue weighted by Gasteiger charge is -2.38. The summed E-state index contributed by atoms with van der Waals surface area (Å²) in [5.74, 6) is -0.896. The molecule has 1 heterocycles. The Balaban J connectivity index is 1.57. The van der Waals surface area contributed by atoms with Crippen LogP contribution in [-0.2, 0) is 24.5 Å². The number of hydrogen-bond acceptors (Lipinski definition) is 5. The SMILES string of the molecule is CC(C)CC(NC(=O)OC(c1cccc(Cl)c1)C1(c2cccc(Cl)c2)CCCC1)C(=O)NC(C=O)CC1CCNC1=O. The van der Waals surface area contributed by atoms with Gasteiger partial charge in [0.1, 0.15) is 18.4 Å². The first-order chi connectivity index (χ1) is 20.1. The molecule has 8 nitrogen and oxygen atoms in total. The van der Waals surface area contributed by atoms with Crippen molar-refractivity contribution in [2.45, 2.75) is 82.4 Å². The average molecular weight is 617 g/mol. The Bertz CT molecular complexity index is 1280. The summed E-state index contributed by atoms with van der Waals surface area (Å²) in [4.78, 5) is 50.7. The topological polar surface area (TPSA) is 114 Å². The van der Waals surface area contributed by atoms with Gasteiger partial charge in [-0.1, -0.05) is 74.2 Å². The van der Waals surface area contributed by atoms with E-state index in [9.17, 15) is 19.2 Å². The number of carbonyl (C=O) groups is 4. The lowest BCUT2D eigenvalue weighted by Crippen LogP contribution is -2.51. The molecule has 0 spiro atoms. The summed E-state index contributed by atoms with van der Waals surface area (Å²) < 4.78 is 6.23. The monoisotopic (exact) mass is 615 g/mol. The van der Waals surface area contributed by atoms with Gasteiger partial charge in [-0.05, 0) is 73.4 Å². The standard InChI is InChI=1S/C32H39Cl2N3O5/c1-20(2)15-27(30(40)36-26(19-38)17-22-11-14-35-29(22)39)37-31(41)42-28(21-7-5-9-24(33)16-21)32(12-3-4-13-32)23-8-6-10-25(34)18-23/h5-10,16,18-20,22,26-28H,3-4,11-15,17H2,1-2H3,(H,35,39)(H,36,40)(H,37,41). The van der Waals surface area contributed by atoms with Crippen LogP contribution >= 0.6 is 23.2 Å². The Morgan fingerprint density at radius 1 is 1.07 bits per heavy atom. The van der Waals surface area contributed by atoms with Gasteiger partial charge in [0.2, 0.25) is 11.8 Å². The summed E-state index contributed by atoms with van der Waals surface area (Å²) >= 11 is 12.8. The first-order valence-electron chi connectivity index (χ1n) is 14.6. The molecule has 0 bridgehead atoms. The first-order valence-corrected chi connectivity index (χ1v) is 15.4. The predicted octanol–water partition coefficient (Wildman–Crippen LogP) is 5.90. The van der Waals surface area contributed by atoms with Crippen molar-refractivity contribution in [1.82, 2.24) is 16.0 Å². The number of alkyl carbamates (subject to hydrolysis) is 1. The largest absolute Gasteiger partial charge is 0.440 e. The van der Waals surface area contributed by atoms with Gasteiger partial charge in [-0.3, -0.25) is 9.59 Å². The highest BCUT2D eigenvalue weighted by atomic mass is 35.5. The van der Waals surface area contributed by atoms with Crippen molar-refractivity contribution >= 4 is 47.4 Å². The minimum absolute atomic E-state index is 0.0627. The molecule has 1 aliphatic carbocycles. The molecular formula is C32H39Cl2N3O5. The molecule has 3 N–H and O–H groups in total. The molecule has 2 aromatic rings. The summed E-state index contributed by atoms with van der Waals surface area (Å²) in [6.07, 6.45) is 3.83. The zero-order valence-electron chi connectivity index (χ0n) is 24.0. The Hall–Kier alpha value is -3.10. The van der Waals surface area contributed by atoms with Crippen LogP contribution in [-0.4, -0.2) is 42.8 Å². The highest BCUT2D eigenvalue weighted by Gasteiger charge is 2.46. The van der Waals surface area contributed by atoms with Crippen LogP contribution in [0.1, 0.15) is 76.0 Å². The number of hydrogen-bond donors (Lipinski definition) is 3. The van der Waals surface area contributed by atoms with E-state index in [4.69, 9.17) is 27.9 Å². The summed E-state index contributed by atoms with van der Waals surface area (Å²) in [6.45, 7) is 4.43. The van der Waals surface area contributed by atoms with Crippen LogP contribution in [0.4, 0.5) is 4.79 Å². The van der Waals surface area contributed by atoms with Gasteiger partial charge >= 0.3 is 6.09 Å². The average Bonchev–Trinajstić information content (AvgIpc) is 3.60. The van der Waals surface area contributed by atoms with E-state index in [1.54, 1.807) is 12.1 Å². The molecule has 2 fully saturated rings. The van der Waals surface area contributed by atoms with E-state index in [2.05, 4.69) is 16.0 Å². The third kappa shape index (κ3) is 7.84. The summed E-state index contributed by atoms with van der Waals surface area (Å²) in [5.41, 5.74) is 1.19. The molecule has 3 amide bonds. The smallest absolute Gasteiger partial charge is 0.408 e. The molecule has 226 valence electrons. The number of carbonyl (C=O) groups excluding carboxylic acids is 4. The molecule has 2 aromatic carbocycles. The second-order valence-electron chi connectivity index (χ2n) is 11.8. The van der Waals surface area contributed by atoms with Crippen molar-refractivity contribution in [2.24, 2.45) is 11.8 Å². The van der Waals surface area contributed by atoms with Crippen LogP contribution in [0.25, 0.3) is 0 Å². The number of halogens is 2. The van der Waals surface area contributed by atoms with E-state index < -0.39 is 35.6 Å². The Labute approximate surface area is 257 Å². The Morgan fingerprint density at radius 2 is 1.76 bits per heavy atom. The van der Waals surface area contributed by atoms with Crippen LogP contribution in [0.3, 0.4) is 0 Å². The highest BCUT2D eigenvalue weighted by molar-refractivity contribution is 6.31. The van der Waals surface area contributed by atoms with Crippen molar-refractivity contribution in [3.8, 4) is 0 Å². The van der Waals surface area contributed by atoms with Crippen molar-refractivity contribution in [1.29, 1.82) is 0 Å². The zero-order chi connectivity index (χ0) is 30.3. The Kier molecular flexibility index (Phi) is 10.9. The van der Waals surface area contributed by atoms with E-state index in [1.807, 2.05) is 50.2 Å². The van der Waals surface area contributed by atoms with E-state index >= 15 is 0 Å². The molecule has 1 saturated carbocycles. The molecule has 0 radical (unpaired) electrons. The molecule has 4 rings (SSSR count). The lowest BCUT2D eigenvalue weighted by molar-refractivity contribution is -0.127. The third-order valence-electron chi connectivity index (χ3n) is 8.28. The van der Waals surface area contributed by atoms with Crippen molar-refractivity contribution in [3.05, 3.63) is 69.7 Å². The summed E-state index contributed by atoms with van der Waals surface area (Å²) in [6, 6.07) is 13.1. The zero-order valence-corrected chi connectivity index (χ0v) is 25.5. The number of aldehydes is 1. The van der Waals surface area contributed by atoms with Gasteiger partial charge in [-0.15, -0.1) is 0 Å².